The van der Waals surface area contributed by atoms with Crippen molar-refractivity contribution in [2.24, 2.45) is 11.1 Å². The molecule has 0 bridgehead atoms. The number of sulfonamides is 1. The van der Waals surface area contributed by atoms with Crippen molar-refractivity contribution in [3.63, 3.8) is 0 Å². The number of rotatable bonds is 5. The highest BCUT2D eigenvalue weighted by Gasteiger charge is 2.21. The normalized spacial score (nSPS) is 11.7. The second-order valence-electron chi connectivity index (χ2n) is 4.63. The fourth-order valence-corrected chi connectivity index (χ4v) is 2.97. The Kier molecular flexibility index (Phi) is 5.67. The summed E-state index contributed by atoms with van der Waals surface area (Å²) in [6.07, 6.45) is 0.631. The summed E-state index contributed by atoms with van der Waals surface area (Å²) in [5, 5.41) is 4.98. The Hall–Kier alpha value is -0.990. The van der Waals surface area contributed by atoms with Crippen molar-refractivity contribution in [1.29, 1.82) is 0 Å². The summed E-state index contributed by atoms with van der Waals surface area (Å²) in [7, 11) is -4.06. The largest absolute Gasteiger partial charge is 0.462 e. The SMILES string of the molecule is CC(C)CCOC(=O)c1cc(S(N)(=O)=O)c(Br)cc1F. The van der Waals surface area contributed by atoms with Gasteiger partial charge in [-0.2, -0.15) is 0 Å². The molecule has 0 aliphatic rings. The van der Waals surface area contributed by atoms with E-state index >= 15 is 0 Å². The number of primary sulfonamides is 1. The van der Waals surface area contributed by atoms with Gasteiger partial charge in [0.1, 0.15) is 5.82 Å². The second kappa shape index (κ2) is 6.64. The molecule has 1 rings (SSSR count). The number of carbonyl (C=O) groups excluding carboxylic acids is 1. The molecule has 0 unspecified atom stereocenters. The summed E-state index contributed by atoms with van der Waals surface area (Å²) in [6, 6.07) is 1.74. The molecule has 112 valence electrons. The van der Waals surface area contributed by atoms with E-state index in [1.165, 1.54) is 0 Å². The number of ether oxygens (including phenoxy) is 1. The van der Waals surface area contributed by atoms with Crippen LogP contribution in [0, 0.1) is 11.7 Å². The van der Waals surface area contributed by atoms with Gasteiger partial charge >= 0.3 is 5.97 Å². The maximum atomic E-state index is 13.7. The summed E-state index contributed by atoms with van der Waals surface area (Å²) in [5.74, 6) is -1.46. The average Bonchev–Trinajstić information content (AvgIpc) is 2.26. The van der Waals surface area contributed by atoms with Crippen LogP contribution in [0.2, 0.25) is 0 Å². The lowest BCUT2D eigenvalue weighted by molar-refractivity contribution is 0.0482. The number of esters is 1. The number of halogens is 2. The quantitative estimate of drug-likeness (QED) is 0.809. The topological polar surface area (TPSA) is 86.5 Å². The summed E-state index contributed by atoms with van der Waals surface area (Å²) >= 11 is 2.89. The van der Waals surface area contributed by atoms with E-state index in [1.807, 2.05) is 13.8 Å². The Bertz CT molecular complexity index is 616. The molecular formula is C12H15BrFNO4S. The van der Waals surface area contributed by atoms with Gasteiger partial charge in [0, 0.05) is 4.47 Å². The highest BCUT2D eigenvalue weighted by Crippen LogP contribution is 2.25. The third kappa shape index (κ3) is 4.53. The molecular weight excluding hydrogens is 353 g/mol. The van der Waals surface area contributed by atoms with Gasteiger partial charge in [-0.15, -0.1) is 0 Å². The predicted octanol–water partition coefficient (Wildman–Crippen LogP) is 2.44. The molecule has 0 amide bonds. The Balaban J connectivity index is 3.04. The monoisotopic (exact) mass is 367 g/mol. The van der Waals surface area contributed by atoms with E-state index in [-0.39, 0.29) is 16.0 Å². The van der Waals surface area contributed by atoms with Gasteiger partial charge in [-0.25, -0.2) is 22.7 Å². The van der Waals surface area contributed by atoms with E-state index in [9.17, 15) is 17.6 Å². The van der Waals surface area contributed by atoms with Gasteiger partial charge < -0.3 is 4.74 Å². The van der Waals surface area contributed by atoms with Crippen molar-refractivity contribution in [3.05, 3.63) is 28.0 Å². The first-order chi connectivity index (χ1) is 9.12. The van der Waals surface area contributed by atoms with Crippen molar-refractivity contribution in [1.82, 2.24) is 0 Å². The first-order valence-corrected chi connectivity index (χ1v) is 8.16. The molecule has 0 aromatic heterocycles. The van der Waals surface area contributed by atoms with Crippen molar-refractivity contribution in [2.45, 2.75) is 25.2 Å². The molecule has 2 N–H and O–H groups in total. The van der Waals surface area contributed by atoms with Crippen LogP contribution in [0.3, 0.4) is 0 Å². The van der Waals surface area contributed by atoms with Crippen molar-refractivity contribution in [2.75, 3.05) is 6.61 Å². The smallest absolute Gasteiger partial charge is 0.341 e. The Morgan fingerprint density at radius 1 is 1.45 bits per heavy atom. The van der Waals surface area contributed by atoms with Crippen LogP contribution in [0.15, 0.2) is 21.5 Å². The maximum Gasteiger partial charge on any atom is 0.341 e. The van der Waals surface area contributed by atoms with Crippen LogP contribution >= 0.6 is 15.9 Å². The zero-order valence-electron chi connectivity index (χ0n) is 11.0. The van der Waals surface area contributed by atoms with Gasteiger partial charge in [0.05, 0.1) is 17.1 Å². The van der Waals surface area contributed by atoms with Crippen LogP contribution in [0.4, 0.5) is 4.39 Å². The van der Waals surface area contributed by atoms with E-state index in [1.54, 1.807) is 0 Å². The Morgan fingerprint density at radius 2 is 2.05 bits per heavy atom. The van der Waals surface area contributed by atoms with Crippen molar-refractivity contribution < 1.29 is 22.3 Å². The van der Waals surface area contributed by atoms with Crippen LogP contribution in [0.1, 0.15) is 30.6 Å². The third-order valence-corrected chi connectivity index (χ3v) is 4.35. The molecule has 0 heterocycles. The molecule has 20 heavy (non-hydrogen) atoms. The first-order valence-electron chi connectivity index (χ1n) is 5.82. The van der Waals surface area contributed by atoms with Crippen LogP contribution in [-0.2, 0) is 14.8 Å². The van der Waals surface area contributed by atoms with E-state index < -0.39 is 27.4 Å². The molecule has 0 aliphatic heterocycles. The second-order valence-corrected chi connectivity index (χ2v) is 7.01. The predicted molar refractivity (Wildman–Crippen MR) is 75.2 cm³/mol. The van der Waals surface area contributed by atoms with Crippen LogP contribution in [0.5, 0.6) is 0 Å². The minimum Gasteiger partial charge on any atom is -0.462 e. The van der Waals surface area contributed by atoms with Gasteiger partial charge in [0.25, 0.3) is 0 Å². The van der Waals surface area contributed by atoms with Crippen molar-refractivity contribution >= 4 is 31.9 Å². The molecule has 5 nitrogen and oxygen atoms in total. The van der Waals surface area contributed by atoms with Gasteiger partial charge in [0.15, 0.2) is 0 Å². The van der Waals surface area contributed by atoms with Gasteiger partial charge in [0.2, 0.25) is 10.0 Å². The third-order valence-electron chi connectivity index (χ3n) is 2.48. The lowest BCUT2D eigenvalue weighted by Gasteiger charge is -2.09. The first kappa shape index (κ1) is 17.1. The molecule has 0 saturated heterocycles. The summed E-state index contributed by atoms with van der Waals surface area (Å²) in [6.45, 7) is 4.04. The fourth-order valence-electron chi connectivity index (χ4n) is 1.37. The number of carbonyl (C=O) groups is 1. The Morgan fingerprint density at radius 3 is 2.55 bits per heavy atom. The number of hydrogen-bond acceptors (Lipinski definition) is 4. The molecule has 0 radical (unpaired) electrons. The zero-order chi connectivity index (χ0) is 15.5. The molecule has 0 atom stereocenters. The minimum absolute atomic E-state index is 0.0452. The molecule has 1 aromatic rings. The van der Waals surface area contributed by atoms with Gasteiger partial charge in [-0.05, 0) is 40.4 Å². The number of nitrogens with two attached hydrogens (primary N) is 1. The lowest BCUT2D eigenvalue weighted by Crippen LogP contribution is -2.16. The maximum absolute atomic E-state index is 13.7. The van der Waals surface area contributed by atoms with Crippen LogP contribution in [-0.4, -0.2) is 21.0 Å². The zero-order valence-corrected chi connectivity index (χ0v) is 13.4. The molecule has 0 fully saturated rings. The molecule has 0 saturated carbocycles. The summed E-state index contributed by atoms with van der Waals surface area (Å²) in [4.78, 5) is 11.4. The Labute approximate surface area is 125 Å². The van der Waals surface area contributed by atoms with Crippen LogP contribution < -0.4 is 5.14 Å². The van der Waals surface area contributed by atoms with E-state index in [0.717, 1.165) is 12.1 Å². The summed E-state index contributed by atoms with van der Waals surface area (Å²) < 4.78 is 41.2. The number of benzene rings is 1. The molecule has 8 heteroatoms. The highest BCUT2D eigenvalue weighted by molar-refractivity contribution is 9.10. The number of hydrogen-bond donors (Lipinski definition) is 1. The lowest BCUT2D eigenvalue weighted by atomic mass is 10.1. The van der Waals surface area contributed by atoms with Gasteiger partial charge in [-0.3, -0.25) is 0 Å². The molecule has 0 aliphatic carbocycles. The van der Waals surface area contributed by atoms with Crippen molar-refractivity contribution in [3.8, 4) is 0 Å². The van der Waals surface area contributed by atoms with E-state index in [4.69, 9.17) is 9.88 Å². The fraction of sp³-hybridized carbons (Fsp3) is 0.417. The summed E-state index contributed by atoms with van der Waals surface area (Å²) in [5.41, 5.74) is -0.457. The van der Waals surface area contributed by atoms with E-state index in [2.05, 4.69) is 15.9 Å². The molecule has 0 spiro atoms. The van der Waals surface area contributed by atoms with E-state index in [0.29, 0.717) is 12.3 Å². The highest BCUT2D eigenvalue weighted by atomic mass is 79.9. The average molecular weight is 368 g/mol. The standard InChI is InChI=1S/C12H15BrFNO4S/c1-7(2)3-4-19-12(16)8-5-11(20(15,17)18)9(13)6-10(8)14/h5-7H,3-4H2,1-2H3,(H2,15,17,18). The minimum atomic E-state index is -4.06. The van der Waals surface area contributed by atoms with Crippen LogP contribution in [0.25, 0.3) is 0 Å². The molecule has 1 aromatic carbocycles. The van der Waals surface area contributed by atoms with Gasteiger partial charge in [-0.1, -0.05) is 13.8 Å².